The van der Waals surface area contributed by atoms with Crippen molar-refractivity contribution in [1.29, 1.82) is 0 Å². The second kappa shape index (κ2) is 6.42. The van der Waals surface area contributed by atoms with E-state index in [4.69, 9.17) is 0 Å². The Hall–Kier alpha value is -0.980. The van der Waals surface area contributed by atoms with Gasteiger partial charge in [0.2, 0.25) is 10.0 Å². The summed E-state index contributed by atoms with van der Waals surface area (Å²) >= 11 is 0. The zero-order valence-electron chi connectivity index (χ0n) is 12.2. The third-order valence-corrected chi connectivity index (χ3v) is 5.42. The number of halogens is 1. The molecule has 0 saturated heterocycles. The molecule has 0 aromatic heterocycles. The molecule has 1 saturated carbocycles. The van der Waals surface area contributed by atoms with Crippen molar-refractivity contribution in [3.8, 4) is 0 Å². The maximum atomic E-state index is 13.7. The van der Waals surface area contributed by atoms with Gasteiger partial charge < -0.3 is 5.11 Å². The lowest BCUT2D eigenvalue weighted by atomic mass is 9.95. The fourth-order valence-corrected chi connectivity index (χ4v) is 3.97. The van der Waals surface area contributed by atoms with Gasteiger partial charge in [-0.05, 0) is 37.5 Å². The van der Waals surface area contributed by atoms with Crippen LogP contribution in [0.5, 0.6) is 0 Å². The van der Waals surface area contributed by atoms with Crippen LogP contribution in [0.2, 0.25) is 0 Å². The standard InChI is InChI=1S/C15H22FNO3S/c1-12-6-7-13(16)14(10-12)21(19,20)17-11-15(18)8-4-2-3-5-9-15/h6-7,10,17-18H,2-5,8-9,11H2,1H3. The monoisotopic (exact) mass is 315 g/mol. The fourth-order valence-electron chi connectivity index (χ4n) is 2.69. The second-order valence-electron chi connectivity index (χ2n) is 5.90. The summed E-state index contributed by atoms with van der Waals surface area (Å²) in [5, 5.41) is 10.5. The van der Waals surface area contributed by atoms with Gasteiger partial charge in [-0.3, -0.25) is 0 Å². The summed E-state index contributed by atoms with van der Waals surface area (Å²) in [4.78, 5) is -0.361. The molecule has 0 atom stereocenters. The first-order valence-electron chi connectivity index (χ1n) is 7.31. The molecule has 1 aromatic rings. The molecule has 2 rings (SSSR count). The number of hydrogen-bond donors (Lipinski definition) is 2. The second-order valence-corrected chi connectivity index (χ2v) is 7.63. The molecule has 0 radical (unpaired) electrons. The van der Waals surface area contributed by atoms with E-state index in [2.05, 4.69) is 4.72 Å². The van der Waals surface area contributed by atoms with Crippen molar-refractivity contribution in [3.63, 3.8) is 0 Å². The van der Waals surface area contributed by atoms with Gasteiger partial charge in [-0.1, -0.05) is 31.7 Å². The zero-order chi connectivity index (χ0) is 15.5. The van der Waals surface area contributed by atoms with Crippen LogP contribution < -0.4 is 4.72 Å². The number of sulfonamides is 1. The maximum absolute atomic E-state index is 13.7. The van der Waals surface area contributed by atoms with Gasteiger partial charge >= 0.3 is 0 Å². The van der Waals surface area contributed by atoms with Gasteiger partial charge in [-0.2, -0.15) is 0 Å². The summed E-state index contributed by atoms with van der Waals surface area (Å²) < 4.78 is 40.5. The Kier molecular flexibility index (Phi) is 5.01. The van der Waals surface area contributed by atoms with Crippen LogP contribution in [0.15, 0.2) is 23.1 Å². The highest BCUT2D eigenvalue weighted by atomic mass is 32.2. The molecule has 0 unspecified atom stereocenters. The third-order valence-electron chi connectivity index (χ3n) is 4.00. The Morgan fingerprint density at radius 2 is 1.86 bits per heavy atom. The van der Waals surface area contributed by atoms with Crippen molar-refractivity contribution in [2.45, 2.75) is 55.9 Å². The van der Waals surface area contributed by atoms with Crippen LogP contribution in [0, 0.1) is 12.7 Å². The first-order chi connectivity index (χ1) is 9.82. The van der Waals surface area contributed by atoms with E-state index < -0.39 is 21.4 Å². The molecular weight excluding hydrogens is 293 g/mol. The number of hydrogen-bond acceptors (Lipinski definition) is 3. The van der Waals surface area contributed by atoms with Gasteiger partial charge in [0.05, 0.1) is 5.60 Å². The van der Waals surface area contributed by atoms with E-state index in [1.807, 2.05) is 0 Å². The van der Waals surface area contributed by atoms with Crippen LogP contribution >= 0.6 is 0 Å². The molecule has 0 amide bonds. The van der Waals surface area contributed by atoms with Gasteiger partial charge in [0.1, 0.15) is 10.7 Å². The van der Waals surface area contributed by atoms with Crippen molar-refractivity contribution in [3.05, 3.63) is 29.6 Å². The molecule has 21 heavy (non-hydrogen) atoms. The number of benzene rings is 1. The van der Waals surface area contributed by atoms with Gasteiger partial charge in [0, 0.05) is 6.54 Å². The molecule has 6 heteroatoms. The van der Waals surface area contributed by atoms with Crippen LogP contribution in [-0.4, -0.2) is 25.7 Å². The average molecular weight is 315 g/mol. The number of aliphatic hydroxyl groups is 1. The largest absolute Gasteiger partial charge is 0.389 e. The lowest BCUT2D eigenvalue weighted by Crippen LogP contribution is -2.42. The first-order valence-corrected chi connectivity index (χ1v) is 8.79. The Labute approximate surface area is 125 Å². The van der Waals surface area contributed by atoms with E-state index in [1.54, 1.807) is 6.92 Å². The van der Waals surface area contributed by atoms with Crippen LogP contribution in [0.1, 0.15) is 44.1 Å². The molecule has 0 spiro atoms. The first kappa shape index (κ1) is 16.4. The summed E-state index contributed by atoms with van der Waals surface area (Å²) in [6.45, 7) is 1.64. The topological polar surface area (TPSA) is 66.4 Å². The summed E-state index contributed by atoms with van der Waals surface area (Å²) in [7, 11) is -3.95. The molecule has 0 bridgehead atoms. The molecule has 118 valence electrons. The van der Waals surface area contributed by atoms with Crippen molar-refractivity contribution in [2.24, 2.45) is 0 Å². The summed E-state index contributed by atoms with van der Waals surface area (Å²) in [5.41, 5.74) is -0.353. The molecule has 4 nitrogen and oxygen atoms in total. The van der Waals surface area contributed by atoms with Gasteiger partial charge in [0.25, 0.3) is 0 Å². The van der Waals surface area contributed by atoms with Crippen LogP contribution in [0.4, 0.5) is 4.39 Å². The molecule has 1 aliphatic carbocycles. The molecule has 1 aliphatic rings. The van der Waals surface area contributed by atoms with E-state index in [0.29, 0.717) is 18.4 Å². The van der Waals surface area contributed by atoms with Crippen molar-refractivity contribution < 1.29 is 17.9 Å². The van der Waals surface area contributed by atoms with Crippen LogP contribution in [-0.2, 0) is 10.0 Å². The highest BCUT2D eigenvalue weighted by Gasteiger charge is 2.30. The van der Waals surface area contributed by atoms with E-state index in [9.17, 15) is 17.9 Å². The predicted octanol–water partition coefficient (Wildman–Crippen LogP) is 2.50. The smallest absolute Gasteiger partial charge is 0.243 e. The maximum Gasteiger partial charge on any atom is 0.243 e. The molecule has 1 fully saturated rings. The van der Waals surface area contributed by atoms with Crippen molar-refractivity contribution >= 4 is 10.0 Å². The highest BCUT2D eigenvalue weighted by molar-refractivity contribution is 7.89. The lowest BCUT2D eigenvalue weighted by Gasteiger charge is -2.26. The number of aryl methyl sites for hydroxylation is 1. The van der Waals surface area contributed by atoms with E-state index in [-0.39, 0.29) is 11.4 Å². The minimum atomic E-state index is -3.95. The minimum absolute atomic E-state index is 0.0668. The highest BCUT2D eigenvalue weighted by Crippen LogP contribution is 2.27. The van der Waals surface area contributed by atoms with Gasteiger partial charge in [0.15, 0.2) is 0 Å². The van der Waals surface area contributed by atoms with Crippen LogP contribution in [0.3, 0.4) is 0 Å². The Morgan fingerprint density at radius 3 is 2.48 bits per heavy atom. The normalized spacial score (nSPS) is 19.2. The predicted molar refractivity (Wildman–Crippen MR) is 79.0 cm³/mol. The number of rotatable bonds is 4. The molecule has 0 heterocycles. The van der Waals surface area contributed by atoms with Crippen LogP contribution in [0.25, 0.3) is 0 Å². The summed E-state index contributed by atoms with van der Waals surface area (Å²) in [6, 6.07) is 3.96. The molecule has 1 aromatic carbocycles. The number of nitrogens with one attached hydrogen (secondary N) is 1. The summed E-state index contributed by atoms with van der Waals surface area (Å²) in [6.07, 6.45) is 5.04. The van der Waals surface area contributed by atoms with Gasteiger partial charge in [-0.25, -0.2) is 17.5 Å². The van der Waals surface area contributed by atoms with E-state index in [1.165, 1.54) is 12.1 Å². The van der Waals surface area contributed by atoms with Gasteiger partial charge in [-0.15, -0.1) is 0 Å². The fraction of sp³-hybridized carbons (Fsp3) is 0.600. The SMILES string of the molecule is Cc1ccc(F)c(S(=O)(=O)NCC2(O)CCCCCC2)c1. The summed E-state index contributed by atoms with van der Waals surface area (Å²) in [5.74, 6) is -0.777. The minimum Gasteiger partial charge on any atom is -0.389 e. The molecule has 2 N–H and O–H groups in total. The van der Waals surface area contributed by atoms with E-state index >= 15 is 0 Å². The van der Waals surface area contributed by atoms with E-state index in [0.717, 1.165) is 31.7 Å². The quantitative estimate of drug-likeness (QED) is 0.839. The molecule has 0 aliphatic heterocycles. The van der Waals surface area contributed by atoms with Crippen molar-refractivity contribution in [2.75, 3.05) is 6.54 Å². The Balaban J connectivity index is 2.12. The molecular formula is C15H22FNO3S. The Morgan fingerprint density at radius 1 is 1.24 bits per heavy atom. The average Bonchev–Trinajstić information content (AvgIpc) is 2.65. The lowest BCUT2D eigenvalue weighted by molar-refractivity contribution is 0.0303. The zero-order valence-corrected chi connectivity index (χ0v) is 13.0. The third kappa shape index (κ3) is 4.25. The van der Waals surface area contributed by atoms with Crippen molar-refractivity contribution in [1.82, 2.24) is 4.72 Å². The Bertz CT molecular complexity index is 593.